The second-order valence-electron chi connectivity index (χ2n) is 6.55. The van der Waals surface area contributed by atoms with Gasteiger partial charge in [0.15, 0.2) is 0 Å². The zero-order valence-corrected chi connectivity index (χ0v) is 16.7. The SMILES string of the molecule is Cl.NC[C@@H]1CN(C(=O)CCc2ccc(Cl)cc2Cl)C[C@H]1c1ccccc1. The van der Waals surface area contributed by atoms with E-state index in [1.165, 1.54) is 5.56 Å². The second-order valence-corrected chi connectivity index (χ2v) is 7.39. The van der Waals surface area contributed by atoms with Gasteiger partial charge in [0.05, 0.1) is 0 Å². The van der Waals surface area contributed by atoms with Crippen LogP contribution in [0, 0.1) is 5.92 Å². The Hall–Kier alpha value is -1.26. The van der Waals surface area contributed by atoms with Gasteiger partial charge in [0.2, 0.25) is 5.91 Å². The number of nitrogens with zero attached hydrogens (tertiary/aromatic N) is 1. The number of likely N-dealkylation sites (tertiary alicyclic amines) is 1. The molecular formula is C20H23Cl3N2O. The summed E-state index contributed by atoms with van der Waals surface area (Å²) in [6.45, 7) is 2.05. The number of aryl methyl sites for hydroxylation is 1. The molecule has 2 N–H and O–H groups in total. The van der Waals surface area contributed by atoms with E-state index in [1.807, 2.05) is 29.2 Å². The van der Waals surface area contributed by atoms with E-state index in [-0.39, 0.29) is 18.3 Å². The largest absolute Gasteiger partial charge is 0.342 e. The fraction of sp³-hybridized carbons (Fsp3) is 0.350. The van der Waals surface area contributed by atoms with Gasteiger partial charge in [-0.1, -0.05) is 59.6 Å². The third-order valence-electron chi connectivity index (χ3n) is 4.95. The molecule has 0 saturated carbocycles. The zero-order valence-electron chi connectivity index (χ0n) is 14.4. The molecule has 0 aliphatic carbocycles. The van der Waals surface area contributed by atoms with Crippen LogP contribution < -0.4 is 5.73 Å². The summed E-state index contributed by atoms with van der Waals surface area (Å²) in [7, 11) is 0. The highest BCUT2D eigenvalue weighted by atomic mass is 35.5. The van der Waals surface area contributed by atoms with Gasteiger partial charge in [-0.3, -0.25) is 4.79 Å². The first-order valence-corrected chi connectivity index (χ1v) is 9.30. The van der Waals surface area contributed by atoms with Gasteiger partial charge in [-0.2, -0.15) is 0 Å². The van der Waals surface area contributed by atoms with Crippen molar-refractivity contribution in [2.24, 2.45) is 11.7 Å². The molecule has 1 amide bonds. The lowest BCUT2D eigenvalue weighted by atomic mass is 9.89. The van der Waals surface area contributed by atoms with Crippen LogP contribution in [0.25, 0.3) is 0 Å². The lowest BCUT2D eigenvalue weighted by molar-refractivity contribution is -0.130. The van der Waals surface area contributed by atoms with Crippen molar-refractivity contribution in [3.63, 3.8) is 0 Å². The molecule has 2 aromatic carbocycles. The van der Waals surface area contributed by atoms with Gasteiger partial charge >= 0.3 is 0 Å². The van der Waals surface area contributed by atoms with Crippen LogP contribution in [0.2, 0.25) is 10.0 Å². The maximum atomic E-state index is 12.7. The monoisotopic (exact) mass is 412 g/mol. The first kappa shape index (κ1) is 21.0. The van der Waals surface area contributed by atoms with Gasteiger partial charge in [-0.25, -0.2) is 0 Å². The Morgan fingerprint density at radius 1 is 1.12 bits per heavy atom. The summed E-state index contributed by atoms with van der Waals surface area (Å²) in [5, 5.41) is 1.22. The molecule has 3 nitrogen and oxygen atoms in total. The number of benzene rings is 2. The van der Waals surface area contributed by atoms with Gasteiger partial charge in [0.1, 0.15) is 0 Å². The smallest absolute Gasteiger partial charge is 0.222 e. The Kier molecular flexibility index (Phi) is 7.78. The van der Waals surface area contributed by atoms with Crippen LogP contribution in [0.15, 0.2) is 48.5 Å². The average Bonchev–Trinajstić information content (AvgIpc) is 3.06. The molecule has 3 rings (SSSR count). The molecule has 0 spiro atoms. The molecule has 0 radical (unpaired) electrons. The molecule has 6 heteroatoms. The number of rotatable bonds is 5. The number of hydrogen-bond acceptors (Lipinski definition) is 2. The van der Waals surface area contributed by atoms with E-state index >= 15 is 0 Å². The molecule has 2 atom stereocenters. The van der Waals surface area contributed by atoms with Crippen molar-refractivity contribution in [2.45, 2.75) is 18.8 Å². The summed E-state index contributed by atoms with van der Waals surface area (Å²) in [5.41, 5.74) is 8.17. The van der Waals surface area contributed by atoms with E-state index in [0.29, 0.717) is 41.3 Å². The Bertz CT molecular complexity index is 739. The molecule has 2 aromatic rings. The maximum absolute atomic E-state index is 12.7. The zero-order chi connectivity index (χ0) is 17.8. The van der Waals surface area contributed by atoms with Crippen molar-refractivity contribution >= 4 is 41.5 Å². The number of carbonyl (C=O) groups excluding carboxylic acids is 1. The lowest BCUT2D eigenvalue weighted by Gasteiger charge is -2.17. The van der Waals surface area contributed by atoms with Crippen molar-refractivity contribution < 1.29 is 4.79 Å². The Balaban J connectivity index is 0.00000243. The van der Waals surface area contributed by atoms with E-state index in [2.05, 4.69) is 12.1 Å². The van der Waals surface area contributed by atoms with Crippen LogP contribution in [0.5, 0.6) is 0 Å². The topological polar surface area (TPSA) is 46.3 Å². The summed E-state index contributed by atoms with van der Waals surface area (Å²) in [6.07, 6.45) is 1.06. The molecule has 1 aliphatic heterocycles. The van der Waals surface area contributed by atoms with Crippen molar-refractivity contribution in [3.8, 4) is 0 Å². The van der Waals surface area contributed by atoms with Gasteiger partial charge in [0, 0.05) is 35.5 Å². The standard InChI is InChI=1S/C20H22Cl2N2O.ClH/c21-17-8-6-15(19(22)10-17)7-9-20(25)24-12-16(11-23)18(13-24)14-4-2-1-3-5-14;/h1-6,8,10,16,18H,7,9,11-13,23H2;1H/t16-,18+;/m1./s1. The van der Waals surface area contributed by atoms with Gasteiger partial charge in [-0.05, 0) is 42.1 Å². The average molecular weight is 414 g/mol. The van der Waals surface area contributed by atoms with Crippen LogP contribution in [-0.2, 0) is 11.2 Å². The van der Waals surface area contributed by atoms with Crippen LogP contribution in [0.1, 0.15) is 23.5 Å². The minimum atomic E-state index is 0. The van der Waals surface area contributed by atoms with E-state index in [1.54, 1.807) is 12.1 Å². The summed E-state index contributed by atoms with van der Waals surface area (Å²) >= 11 is 12.1. The highest BCUT2D eigenvalue weighted by Gasteiger charge is 2.34. The van der Waals surface area contributed by atoms with Gasteiger partial charge in [-0.15, -0.1) is 12.4 Å². The third-order valence-corrected chi connectivity index (χ3v) is 5.53. The molecule has 26 heavy (non-hydrogen) atoms. The van der Waals surface area contributed by atoms with Gasteiger partial charge < -0.3 is 10.6 Å². The number of amides is 1. The summed E-state index contributed by atoms with van der Waals surface area (Å²) in [4.78, 5) is 14.6. The highest BCUT2D eigenvalue weighted by Crippen LogP contribution is 2.32. The summed E-state index contributed by atoms with van der Waals surface area (Å²) < 4.78 is 0. The number of halogens is 3. The molecule has 0 aromatic heterocycles. The highest BCUT2D eigenvalue weighted by molar-refractivity contribution is 6.35. The predicted octanol–water partition coefficient (Wildman–Crippen LogP) is 4.55. The van der Waals surface area contributed by atoms with Crippen molar-refractivity contribution in [1.82, 2.24) is 4.90 Å². The Labute approximate surface area is 170 Å². The lowest BCUT2D eigenvalue weighted by Crippen LogP contribution is -2.30. The van der Waals surface area contributed by atoms with Crippen molar-refractivity contribution in [2.75, 3.05) is 19.6 Å². The Morgan fingerprint density at radius 2 is 1.85 bits per heavy atom. The molecular weight excluding hydrogens is 391 g/mol. The van der Waals surface area contributed by atoms with E-state index < -0.39 is 0 Å². The molecule has 1 fully saturated rings. The molecule has 140 valence electrons. The second kappa shape index (κ2) is 9.61. The minimum Gasteiger partial charge on any atom is -0.342 e. The molecule has 1 aliphatic rings. The number of hydrogen-bond donors (Lipinski definition) is 1. The van der Waals surface area contributed by atoms with Crippen LogP contribution >= 0.6 is 35.6 Å². The van der Waals surface area contributed by atoms with Crippen LogP contribution in [0.3, 0.4) is 0 Å². The van der Waals surface area contributed by atoms with Crippen LogP contribution in [0.4, 0.5) is 0 Å². The normalized spacial score (nSPS) is 19.3. The molecule has 0 unspecified atom stereocenters. The van der Waals surface area contributed by atoms with E-state index in [4.69, 9.17) is 28.9 Å². The van der Waals surface area contributed by atoms with E-state index in [9.17, 15) is 4.79 Å². The minimum absolute atomic E-state index is 0. The fourth-order valence-electron chi connectivity index (χ4n) is 3.52. The molecule has 1 saturated heterocycles. The Morgan fingerprint density at radius 3 is 2.50 bits per heavy atom. The third kappa shape index (κ3) is 4.92. The first-order valence-electron chi connectivity index (χ1n) is 8.55. The quantitative estimate of drug-likeness (QED) is 0.781. The van der Waals surface area contributed by atoms with Gasteiger partial charge in [0.25, 0.3) is 0 Å². The predicted molar refractivity (Wildman–Crippen MR) is 110 cm³/mol. The van der Waals surface area contributed by atoms with E-state index in [0.717, 1.165) is 18.7 Å². The number of carbonyl (C=O) groups is 1. The maximum Gasteiger partial charge on any atom is 0.222 e. The van der Waals surface area contributed by atoms with Crippen LogP contribution in [-0.4, -0.2) is 30.4 Å². The van der Waals surface area contributed by atoms with Crippen molar-refractivity contribution in [1.29, 1.82) is 0 Å². The summed E-state index contributed by atoms with van der Waals surface area (Å²) in [5.74, 6) is 0.780. The molecule has 1 heterocycles. The summed E-state index contributed by atoms with van der Waals surface area (Å²) in [6, 6.07) is 15.7. The fourth-order valence-corrected chi connectivity index (χ4v) is 4.02. The number of nitrogens with two attached hydrogens (primary N) is 1. The van der Waals surface area contributed by atoms with Crippen molar-refractivity contribution in [3.05, 3.63) is 69.7 Å². The first-order chi connectivity index (χ1) is 12.1. The molecule has 0 bridgehead atoms.